The minimum absolute atomic E-state index is 0.0421. The molecule has 0 spiro atoms. The van der Waals surface area contributed by atoms with Crippen molar-refractivity contribution in [2.75, 3.05) is 6.61 Å². The molecule has 1 saturated heterocycles. The van der Waals surface area contributed by atoms with E-state index in [2.05, 4.69) is 31.1 Å². The lowest BCUT2D eigenvalue weighted by Gasteiger charge is -2.10. The number of nitrogens with one attached hydrogen (secondary N) is 1. The lowest BCUT2D eigenvalue weighted by atomic mass is 10.1. The number of ether oxygens (including phenoxy) is 1. The molecule has 1 aromatic rings. The average molecular weight is 412 g/mol. The number of carbonyl (C=O) groups excluding carboxylic acids is 3. The van der Waals surface area contributed by atoms with Gasteiger partial charge in [-0.15, -0.1) is 0 Å². The fourth-order valence-electron chi connectivity index (χ4n) is 1.96. The summed E-state index contributed by atoms with van der Waals surface area (Å²) in [6, 6.07) is 5.91. The Labute approximate surface area is 152 Å². The van der Waals surface area contributed by atoms with Gasteiger partial charge < -0.3 is 10.1 Å². The second-order valence-corrected chi connectivity index (χ2v) is 6.11. The van der Waals surface area contributed by atoms with Crippen LogP contribution in [0.1, 0.15) is 19.4 Å². The predicted molar refractivity (Wildman–Crippen MR) is 94.4 cm³/mol. The smallest absolute Gasteiger partial charge is 0.377 e. The number of Topliss-reactive ketones (excluding diaryl/α,β-unsaturated/α-hetero) is 1. The molecule has 1 heterocycles. The number of halogens is 1. The fourth-order valence-corrected chi connectivity index (χ4v) is 2.47. The Morgan fingerprint density at radius 3 is 2.58 bits per heavy atom. The molecule has 126 valence electrons. The van der Waals surface area contributed by atoms with Gasteiger partial charge >= 0.3 is 5.97 Å². The Kier molecular flexibility index (Phi) is 5.79. The van der Waals surface area contributed by atoms with E-state index in [0.717, 1.165) is 15.0 Å². The van der Waals surface area contributed by atoms with Crippen LogP contribution in [0.3, 0.4) is 0 Å². The number of hydrogen-bond donors (Lipinski definition) is 1. The Hall–Kier alpha value is -2.13. The molecular formula is C15H14BrN3O4S. The molecule has 0 bridgehead atoms. The Morgan fingerprint density at radius 1 is 1.38 bits per heavy atom. The van der Waals surface area contributed by atoms with Crippen LogP contribution >= 0.6 is 28.1 Å². The van der Waals surface area contributed by atoms with Crippen molar-refractivity contribution in [3.63, 3.8) is 0 Å². The van der Waals surface area contributed by atoms with Crippen molar-refractivity contribution >= 4 is 56.6 Å². The molecule has 1 unspecified atom stereocenters. The van der Waals surface area contributed by atoms with Crippen LogP contribution in [0.4, 0.5) is 0 Å². The zero-order valence-corrected chi connectivity index (χ0v) is 15.3. The number of carbonyl (C=O) groups is 3. The second-order valence-electron chi connectivity index (χ2n) is 4.81. The first-order chi connectivity index (χ1) is 11.3. The molecule has 0 radical (unpaired) electrons. The number of hydrazone groups is 1. The molecule has 2 rings (SSSR count). The molecule has 1 N–H and O–H groups in total. The summed E-state index contributed by atoms with van der Waals surface area (Å²) in [7, 11) is 0. The van der Waals surface area contributed by atoms with Crippen LogP contribution in [0.15, 0.2) is 33.8 Å². The minimum atomic E-state index is -1.40. The van der Waals surface area contributed by atoms with E-state index in [1.54, 1.807) is 13.8 Å². The van der Waals surface area contributed by atoms with Gasteiger partial charge in [-0.3, -0.25) is 9.59 Å². The maximum absolute atomic E-state index is 12.3. The highest BCUT2D eigenvalue weighted by Crippen LogP contribution is 2.14. The Morgan fingerprint density at radius 2 is 2.00 bits per heavy atom. The van der Waals surface area contributed by atoms with E-state index in [-0.39, 0.29) is 11.7 Å². The van der Waals surface area contributed by atoms with Gasteiger partial charge in [0.25, 0.3) is 11.7 Å². The van der Waals surface area contributed by atoms with Crippen LogP contribution in [0, 0.1) is 0 Å². The minimum Gasteiger partial charge on any atom is -0.460 e. The van der Waals surface area contributed by atoms with Gasteiger partial charge in [0.05, 0.1) is 12.3 Å². The molecule has 1 fully saturated rings. The van der Waals surface area contributed by atoms with Gasteiger partial charge in [-0.2, -0.15) is 10.1 Å². The first-order valence-corrected chi connectivity index (χ1v) is 8.21. The van der Waals surface area contributed by atoms with E-state index >= 15 is 0 Å². The maximum Gasteiger partial charge on any atom is 0.377 e. The van der Waals surface area contributed by atoms with Crippen molar-refractivity contribution in [1.29, 1.82) is 0 Å². The van der Waals surface area contributed by atoms with Crippen LogP contribution in [0.2, 0.25) is 0 Å². The third-order valence-electron chi connectivity index (χ3n) is 3.17. The predicted octanol–water partition coefficient (Wildman–Crippen LogP) is 1.39. The van der Waals surface area contributed by atoms with E-state index < -0.39 is 23.7 Å². The summed E-state index contributed by atoms with van der Waals surface area (Å²) in [5.74, 6) is -2.79. The molecule has 0 aromatic heterocycles. The highest BCUT2D eigenvalue weighted by atomic mass is 79.9. The third kappa shape index (κ3) is 3.85. The molecule has 1 aromatic carbocycles. The fraction of sp³-hybridized carbons (Fsp3) is 0.267. The van der Waals surface area contributed by atoms with Crippen molar-refractivity contribution in [2.45, 2.75) is 19.9 Å². The van der Waals surface area contributed by atoms with E-state index in [1.165, 1.54) is 0 Å². The van der Waals surface area contributed by atoms with Gasteiger partial charge in [0, 0.05) is 4.47 Å². The SMILES string of the molecule is CCOC(=O)C(=O)C1NC(=S)N(/N=C(\C)c2ccc(Br)cc2)C1=O. The molecular weight excluding hydrogens is 398 g/mol. The Bertz CT molecular complexity index is 733. The standard InChI is InChI=1S/C15H14BrN3O4S/c1-3-23-14(22)12(20)11-13(21)19(15(24)17-11)18-8(2)9-4-6-10(16)7-5-9/h4-7,11H,3H2,1-2H3,(H,17,24)/b18-8+. The summed E-state index contributed by atoms with van der Waals surface area (Å²) in [5.41, 5.74) is 1.32. The van der Waals surface area contributed by atoms with Gasteiger partial charge in [-0.1, -0.05) is 28.1 Å². The average Bonchev–Trinajstić information content (AvgIpc) is 2.83. The first kappa shape index (κ1) is 18.2. The number of amides is 1. The second kappa shape index (κ2) is 7.63. The first-order valence-electron chi connectivity index (χ1n) is 7.01. The van der Waals surface area contributed by atoms with Crippen molar-refractivity contribution in [2.24, 2.45) is 5.10 Å². The van der Waals surface area contributed by atoms with Crippen molar-refractivity contribution < 1.29 is 19.1 Å². The number of rotatable bonds is 5. The molecule has 1 amide bonds. The molecule has 1 aliphatic heterocycles. The molecule has 24 heavy (non-hydrogen) atoms. The summed E-state index contributed by atoms with van der Waals surface area (Å²) in [4.78, 5) is 35.8. The van der Waals surface area contributed by atoms with Crippen molar-refractivity contribution in [3.8, 4) is 0 Å². The van der Waals surface area contributed by atoms with Gasteiger partial charge in [0.2, 0.25) is 0 Å². The normalized spacial score (nSPS) is 17.7. The van der Waals surface area contributed by atoms with E-state index in [0.29, 0.717) is 5.71 Å². The highest BCUT2D eigenvalue weighted by molar-refractivity contribution is 9.10. The lowest BCUT2D eigenvalue weighted by Crippen LogP contribution is -2.42. The number of nitrogens with zero attached hydrogens (tertiary/aromatic N) is 2. The highest BCUT2D eigenvalue weighted by Gasteiger charge is 2.43. The van der Waals surface area contributed by atoms with Crippen LogP contribution in [0.25, 0.3) is 0 Å². The quantitative estimate of drug-likeness (QED) is 0.259. The number of esters is 1. The largest absolute Gasteiger partial charge is 0.460 e. The number of thiocarbonyl (C=S) groups is 1. The number of benzene rings is 1. The maximum atomic E-state index is 12.3. The topological polar surface area (TPSA) is 88.1 Å². The van der Waals surface area contributed by atoms with Crippen LogP contribution in [-0.2, 0) is 19.1 Å². The molecule has 9 heteroatoms. The van der Waals surface area contributed by atoms with E-state index in [1.807, 2.05) is 24.3 Å². The van der Waals surface area contributed by atoms with Crippen LogP contribution < -0.4 is 5.32 Å². The zero-order valence-electron chi connectivity index (χ0n) is 12.9. The summed E-state index contributed by atoms with van der Waals surface area (Å²) in [6.45, 7) is 3.32. The van der Waals surface area contributed by atoms with Crippen molar-refractivity contribution in [3.05, 3.63) is 34.3 Å². The lowest BCUT2D eigenvalue weighted by molar-refractivity contribution is -0.155. The monoisotopic (exact) mass is 411 g/mol. The van der Waals surface area contributed by atoms with E-state index in [4.69, 9.17) is 12.2 Å². The van der Waals surface area contributed by atoms with Crippen LogP contribution in [-0.4, -0.2) is 46.1 Å². The van der Waals surface area contributed by atoms with Gasteiger partial charge in [0.1, 0.15) is 0 Å². The van der Waals surface area contributed by atoms with Crippen molar-refractivity contribution in [1.82, 2.24) is 10.3 Å². The van der Waals surface area contributed by atoms with Gasteiger partial charge in [0.15, 0.2) is 11.2 Å². The Balaban J connectivity index is 2.19. The molecule has 0 saturated carbocycles. The summed E-state index contributed by atoms with van der Waals surface area (Å²) in [6.07, 6.45) is 0. The number of ketones is 1. The zero-order chi connectivity index (χ0) is 17.9. The molecule has 1 atom stereocenters. The van der Waals surface area contributed by atoms with Gasteiger partial charge in [-0.05, 0) is 43.8 Å². The summed E-state index contributed by atoms with van der Waals surface area (Å²) >= 11 is 8.36. The molecule has 7 nitrogen and oxygen atoms in total. The summed E-state index contributed by atoms with van der Waals surface area (Å²) < 4.78 is 5.52. The van der Waals surface area contributed by atoms with Gasteiger partial charge in [-0.25, -0.2) is 4.79 Å². The summed E-state index contributed by atoms with van der Waals surface area (Å²) in [5, 5.41) is 7.52. The number of hydrogen-bond acceptors (Lipinski definition) is 6. The van der Waals surface area contributed by atoms with E-state index in [9.17, 15) is 14.4 Å². The molecule has 1 aliphatic rings. The van der Waals surface area contributed by atoms with Crippen LogP contribution in [0.5, 0.6) is 0 Å². The third-order valence-corrected chi connectivity index (χ3v) is 3.99. The molecule has 0 aliphatic carbocycles.